The van der Waals surface area contributed by atoms with Crippen LogP contribution in [0.3, 0.4) is 0 Å². The van der Waals surface area contributed by atoms with E-state index in [0.29, 0.717) is 34.1 Å². The van der Waals surface area contributed by atoms with E-state index in [2.05, 4.69) is 10.9 Å². The zero-order chi connectivity index (χ0) is 21.1. The second-order valence-electron chi connectivity index (χ2n) is 5.05. The van der Waals surface area contributed by atoms with Crippen LogP contribution in [-0.2, 0) is 0 Å². The predicted molar refractivity (Wildman–Crippen MR) is 105 cm³/mol. The topological polar surface area (TPSA) is 95.1 Å². The third-order valence-corrected chi connectivity index (χ3v) is 3.58. The Balaban J connectivity index is 0.00000190. The zero-order valence-corrected chi connectivity index (χ0v) is 16.9. The lowest BCUT2D eigenvalue weighted by molar-refractivity contribution is 0.0846. The van der Waals surface area contributed by atoms with Crippen LogP contribution in [-0.4, -0.2) is 40.3 Å². The minimum Gasteiger partial charge on any atom is -0.493 e. The smallest absolute Gasteiger partial charge is 0.269 e. The number of carbonyl (C=O) groups is 2. The minimum atomic E-state index is -0.500. The Kier molecular flexibility index (Phi) is 9.15. The van der Waals surface area contributed by atoms with Crippen LogP contribution < -0.4 is 29.8 Å². The van der Waals surface area contributed by atoms with Crippen molar-refractivity contribution < 1.29 is 28.5 Å². The summed E-state index contributed by atoms with van der Waals surface area (Å²) in [5.74, 6) is 0.814. The highest BCUT2D eigenvalue weighted by Crippen LogP contribution is 2.28. The second-order valence-corrected chi connectivity index (χ2v) is 5.05. The number of ether oxygens (including phenoxy) is 4. The molecule has 0 spiro atoms. The Morgan fingerprint density at radius 3 is 1.21 bits per heavy atom. The van der Waals surface area contributed by atoms with Crippen molar-refractivity contribution in [3.63, 3.8) is 0 Å². The van der Waals surface area contributed by atoms with Gasteiger partial charge in [0.15, 0.2) is 23.0 Å². The first-order chi connectivity index (χ1) is 13.5. The number of carbonyl (C=O) groups excluding carboxylic acids is 2. The van der Waals surface area contributed by atoms with Gasteiger partial charge in [-0.15, -0.1) is 0 Å². The predicted octanol–water partition coefficient (Wildman–Crippen LogP) is 2.82. The minimum absolute atomic E-state index is 0.301. The van der Waals surface area contributed by atoms with E-state index >= 15 is 0 Å². The molecule has 0 radical (unpaired) electrons. The van der Waals surface area contributed by atoms with Crippen LogP contribution >= 0.6 is 0 Å². The van der Waals surface area contributed by atoms with E-state index in [1.807, 2.05) is 13.8 Å². The molecule has 2 aromatic rings. The number of rotatable bonds is 6. The molecule has 2 amide bonds. The molecule has 0 bridgehead atoms. The van der Waals surface area contributed by atoms with Crippen molar-refractivity contribution >= 4 is 11.8 Å². The van der Waals surface area contributed by atoms with Crippen LogP contribution in [0.5, 0.6) is 23.0 Å². The lowest BCUT2D eigenvalue weighted by atomic mass is 10.2. The number of hydrogen-bond donors (Lipinski definition) is 2. The van der Waals surface area contributed by atoms with Gasteiger partial charge in [-0.05, 0) is 36.4 Å². The maximum Gasteiger partial charge on any atom is 0.269 e. The summed E-state index contributed by atoms with van der Waals surface area (Å²) in [6.07, 6.45) is 0. The van der Waals surface area contributed by atoms with Gasteiger partial charge in [-0.25, -0.2) is 0 Å². The van der Waals surface area contributed by atoms with Crippen molar-refractivity contribution in [1.82, 2.24) is 10.9 Å². The molecule has 2 rings (SSSR count). The maximum absolute atomic E-state index is 12.2. The average molecular weight is 390 g/mol. The molecule has 2 N–H and O–H groups in total. The summed E-state index contributed by atoms with van der Waals surface area (Å²) in [6, 6.07) is 9.33. The van der Waals surface area contributed by atoms with Crippen LogP contribution in [0, 0.1) is 0 Å². The van der Waals surface area contributed by atoms with Crippen molar-refractivity contribution in [1.29, 1.82) is 0 Å². The van der Waals surface area contributed by atoms with Gasteiger partial charge in [0, 0.05) is 11.1 Å². The highest BCUT2D eigenvalue weighted by atomic mass is 16.5. The van der Waals surface area contributed by atoms with Gasteiger partial charge in [0.1, 0.15) is 0 Å². The normalized spacial score (nSPS) is 9.36. The van der Waals surface area contributed by atoms with Crippen LogP contribution in [0.25, 0.3) is 0 Å². The highest BCUT2D eigenvalue weighted by Gasteiger charge is 2.14. The molecule has 0 aliphatic heterocycles. The molecule has 0 unspecified atom stereocenters. The highest BCUT2D eigenvalue weighted by molar-refractivity contribution is 5.99. The summed E-state index contributed by atoms with van der Waals surface area (Å²) in [4.78, 5) is 24.4. The number of hydrazine groups is 1. The van der Waals surface area contributed by atoms with Gasteiger partial charge in [0.05, 0.1) is 28.4 Å². The first kappa shape index (κ1) is 22.6. The molecule has 8 nitrogen and oxygen atoms in total. The molecule has 0 saturated carbocycles. The Morgan fingerprint density at radius 1 is 0.607 bits per heavy atom. The van der Waals surface area contributed by atoms with Gasteiger partial charge in [-0.3, -0.25) is 20.4 Å². The third-order valence-electron chi connectivity index (χ3n) is 3.58. The molecule has 0 fully saturated rings. The van der Waals surface area contributed by atoms with Gasteiger partial charge in [0.2, 0.25) is 0 Å². The SMILES string of the molecule is CC.COc1ccc(C(=O)NNC(=O)c2ccc(OC)c(OC)c2)cc1OC. The third kappa shape index (κ3) is 5.54. The molecule has 0 heterocycles. The van der Waals surface area contributed by atoms with Gasteiger partial charge in [-0.2, -0.15) is 0 Å². The molecule has 0 saturated heterocycles. The quantitative estimate of drug-likeness (QED) is 0.737. The Hall–Kier alpha value is -3.42. The number of hydrogen-bond acceptors (Lipinski definition) is 6. The van der Waals surface area contributed by atoms with Gasteiger partial charge in [0.25, 0.3) is 11.8 Å². The van der Waals surface area contributed by atoms with Crippen LogP contribution in [0.2, 0.25) is 0 Å². The van der Waals surface area contributed by atoms with E-state index in [0.717, 1.165) is 0 Å². The zero-order valence-electron chi connectivity index (χ0n) is 16.9. The number of nitrogens with one attached hydrogen (secondary N) is 2. The molecule has 28 heavy (non-hydrogen) atoms. The second kappa shape index (κ2) is 11.3. The first-order valence-electron chi connectivity index (χ1n) is 8.58. The lowest BCUT2D eigenvalue weighted by Gasteiger charge is -2.12. The van der Waals surface area contributed by atoms with E-state index in [4.69, 9.17) is 18.9 Å². The van der Waals surface area contributed by atoms with Gasteiger partial charge >= 0.3 is 0 Å². The molecule has 0 aromatic heterocycles. The molecule has 0 atom stereocenters. The van der Waals surface area contributed by atoms with Crippen molar-refractivity contribution in [2.45, 2.75) is 13.8 Å². The van der Waals surface area contributed by atoms with Crippen molar-refractivity contribution in [3.8, 4) is 23.0 Å². The van der Waals surface area contributed by atoms with Crippen LogP contribution in [0.4, 0.5) is 0 Å². The molecular weight excluding hydrogens is 364 g/mol. The number of benzene rings is 2. The summed E-state index contributed by atoms with van der Waals surface area (Å²) in [7, 11) is 5.94. The fourth-order valence-electron chi connectivity index (χ4n) is 2.21. The largest absolute Gasteiger partial charge is 0.493 e. The number of amides is 2. The lowest BCUT2D eigenvalue weighted by Crippen LogP contribution is -2.41. The van der Waals surface area contributed by atoms with Crippen molar-refractivity contribution in [3.05, 3.63) is 47.5 Å². The summed E-state index contributed by atoms with van der Waals surface area (Å²) < 4.78 is 20.5. The first-order valence-corrected chi connectivity index (χ1v) is 8.58. The summed E-state index contributed by atoms with van der Waals surface area (Å²) >= 11 is 0. The van der Waals surface area contributed by atoms with E-state index in [-0.39, 0.29) is 0 Å². The Morgan fingerprint density at radius 2 is 0.929 bits per heavy atom. The van der Waals surface area contributed by atoms with Crippen molar-refractivity contribution in [2.75, 3.05) is 28.4 Å². The monoisotopic (exact) mass is 390 g/mol. The number of methoxy groups -OCH3 is 4. The Bertz CT molecular complexity index is 740. The molecule has 0 aliphatic carbocycles. The molecule has 0 aliphatic rings. The standard InChI is InChI=1S/C18H20N2O6.C2H6/c1-23-13-7-5-11(9-15(13)25-3)17(21)19-20-18(22)12-6-8-14(24-2)16(10-12)26-4;1-2/h5-10H,1-4H3,(H,19,21)(H,20,22);1-2H3. The van der Waals surface area contributed by atoms with Crippen LogP contribution in [0.1, 0.15) is 34.6 Å². The maximum atomic E-state index is 12.2. The Labute approximate surface area is 164 Å². The van der Waals surface area contributed by atoms with E-state index in [9.17, 15) is 9.59 Å². The van der Waals surface area contributed by atoms with E-state index in [1.54, 1.807) is 24.3 Å². The molecule has 2 aromatic carbocycles. The average Bonchev–Trinajstić information content (AvgIpc) is 2.77. The summed E-state index contributed by atoms with van der Waals surface area (Å²) in [5, 5.41) is 0. The molecule has 152 valence electrons. The molecular formula is C20H26N2O6. The van der Waals surface area contributed by atoms with E-state index in [1.165, 1.54) is 40.6 Å². The van der Waals surface area contributed by atoms with E-state index < -0.39 is 11.8 Å². The fraction of sp³-hybridized carbons (Fsp3) is 0.300. The van der Waals surface area contributed by atoms with Gasteiger partial charge < -0.3 is 18.9 Å². The van der Waals surface area contributed by atoms with Gasteiger partial charge in [-0.1, -0.05) is 13.8 Å². The van der Waals surface area contributed by atoms with Crippen molar-refractivity contribution in [2.24, 2.45) is 0 Å². The summed E-state index contributed by atoms with van der Waals surface area (Å²) in [6.45, 7) is 4.00. The summed E-state index contributed by atoms with van der Waals surface area (Å²) in [5.41, 5.74) is 5.29. The fourth-order valence-corrected chi connectivity index (χ4v) is 2.21. The van der Waals surface area contributed by atoms with Crippen LogP contribution in [0.15, 0.2) is 36.4 Å². The molecule has 8 heteroatoms.